The number of benzene rings is 2. The van der Waals surface area contributed by atoms with E-state index < -0.39 is 0 Å². The molecule has 1 aliphatic heterocycles. The minimum atomic E-state index is -0.180. The van der Waals surface area contributed by atoms with E-state index in [1.54, 1.807) is 0 Å². The number of piperidine rings is 1. The van der Waals surface area contributed by atoms with Gasteiger partial charge in [-0.15, -0.1) is 11.8 Å². The molecule has 172 valence electrons. The Hall–Kier alpha value is -1.86. The highest BCUT2D eigenvalue weighted by molar-refractivity contribution is 7.99. The highest BCUT2D eigenvalue weighted by Gasteiger charge is 2.26. The molecule has 1 aliphatic rings. The van der Waals surface area contributed by atoms with E-state index in [9.17, 15) is 0 Å². The van der Waals surface area contributed by atoms with Gasteiger partial charge in [0, 0.05) is 18.0 Å². The van der Waals surface area contributed by atoms with Gasteiger partial charge in [-0.3, -0.25) is 0 Å². The maximum absolute atomic E-state index is 6.72. The summed E-state index contributed by atoms with van der Waals surface area (Å²) in [5.74, 6) is 2.04. The summed E-state index contributed by atoms with van der Waals surface area (Å²) in [5, 5.41) is 0. The zero-order valence-corrected chi connectivity index (χ0v) is 19.9. The van der Waals surface area contributed by atoms with E-state index in [2.05, 4.69) is 53.3 Å². The highest BCUT2D eigenvalue weighted by Crippen LogP contribution is 2.32. The van der Waals surface area contributed by atoms with Crippen LogP contribution in [0.2, 0.25) is 0 Å². The number of para-hydroxylation sites is 2. The van der Waals surface area contributed by atoms with Gasteiger partial charge >= 0.3 is 0 Å². The van der Waals surface area contributed by atoms with Crippen molar-refractivity contribution in [2.45, 2.75) is 55.6 Å². The second-order valence-electron chi connectivity index (χ2n) is 8.78. The van der Waals surface area contributed by atoms with Crippen LogP contribution in [0.3, 0.4) is 0 Å². The van der Waals surface area contributed by atoms with Crippen LogP contribution >= 0.6 is 11.8 Å². The van der Waals surface area contributed by atoms with Crippen LogP contribution in [-0.2, 0) is 4.74 Å². The fourth-order valence-electron chi connectivity index (χ4n) is 4.27. The van der Waals surface area contributed by atoms with Crippen molar-refractivity contribution in [1.29, 1.82) is 0 Å². The van der Waals surface area contributed by atoms with Gasteiger partial charge in [-0.05, 0) is 74.9 Å². The molecule has 4 rings (SSSR count). The summed E-state index contributed by atoms with van der Waals surface area (Å²) in [5.41, 5.74) is 8.82. The van der Waals surface area contributed by atoms with Crippen LogP contribution in [0.25, 0.3) is 11.0 Å². The number of ether oxygens (including phenoxy) is 1. The van der Waals surface area contributed by atoms with Gasteiger partial charge in [-0.1, -0.05) is 37.1 Å². The van der Waals surface area contributed by atoms with Crippen molar-refractivity contribution >= 4 is 22.8 Å². The molecule has 6 heteroatoms. The number of aromatic nitrogens is 2. The minimum Gasteiger partial charge on any atom is -0.362 e. The average Bonchev–Trinajstić information content (AvgIpc) is 3.25. The summed E-state index contributed by atoms with van der Waals surface area (Å²) in [4.78, 5) is 12.1. The molecule has 1 atom stereocenters. The molecule has 1 saturated heterocycles. The molecule has 0 amide bonds. The lowest BCUT2D eigenvalue weighted by atomic mass is 10.1. The number of hydrogen-bond donors (Lipinski definition) is 2. The van der Waals surface area contributed by atoms with Crippen LogP contribution in [-0.4, -0.2) is 53.4 Å². The fourth-order valence-corrected chi connectivity index (χ4v) is 5.25. The first kappa shape index (κ1) is 23.3. The van der Waals surface area contributed by atoms with E-state index in [1.807, 2.05) is 23.9 Å². The fraction of sp³-hybridized carbons (Fsp3) is 0.500. The number of H-pyrrole nitrogens is 1. The quantitative estimate of drug-likeness (QED) is 0.302. The van der Waals surface area contributed by atoms with Crippen LogP contribution in [0.5, 0.6) is 0 Å². The number of aromatic amines is 1. The van der Waals surface area contributed by atoms with Gasteiger partial charge in [-0.25, -0.2) is 4.98 Å². The number of nitrogens with one attached hydrogen (secondary N) is 1. The Balaban J connectivity index is 1.50. The number of likely N-dealkylation sites (tertiary alicyclic amines) is 1. The average molecular weight is 453 g/mol. The Labute approximate surface area is 196 Å². The lowest BCUT2D eigenvalue weighted by molar-refractivity contribution is -0.0264. The maximum Gasteiger partial charge on any atom is 0.141 e. The van der Waals surface area contributed by atoms with Crippen LogP contribution in [0, 0.1) is 0 Å². The molecule has 3 aromatic rings. The number of thioether (sulfide) groups is 1. The van der Waals surface area contributed by atoms with E-state index in [1.165, 1.54) is 29.7 Å². The third-order valence-corrected chi connectivity index (χ3v) is 7.26. The van der Waals surface area contributed by atoms with Gasteiger partial charge in [0.1, 0.15) is 11.9 Å². The number of nitrogens with two attached hydrogens (primary N) is 1. The van der Waals surface area contributed by atoms with Crippen LogP contribution in [0.15, 0.2) is 53.4 Å². The maximum atomic E-state index is 6.72. The van der Waals surface area contributed by atoms with E-state index >= 15 is 0 Å². The van der Waals surface area contributed by atoms with Crippen molar-refractivity contribution in [3.8, 4) is 0 Å². The molecule has 0 saturated carbocycles. The topological polar surface area (TPSA) is 67.2 Å². The summed E-state index contributed by atoms with van der Waals surface area (Å²) < 4.78 is 6.72. The zero-order chi connectivity index (χ0) is 22.2. The number of imidazole rings is 1. The van der Waals surface area contributed by atoms with Gasteiger partial charge in [0.2, 0.25) is 0 Å². The smallest absolute Gasteiger partial charge is 0.141 e. The summed E-state index contributed by atoms with van der Waals surface area (Å²) in [6.07, 6.45) is 7.04. The number of hydrogen-bond acceptors (Lipinski definition) is 5. The highest BCUT2D eigenvalue weighted by atomic mass is 32.2. The summed E-state index contributed by atoms with van der Waals surface area (Å²) in [7, 11) is 2.18. The first-order valence-corrected chi connectivity index (χ1v) is 12.9. The summed E-state index contributed by atoms with van der Waals surface area (Å²) >= 11 is 1.93. The second-order valence-corrected chi connectivity index (χ2v) is 9.95. The monoisotopic (exact) mass is 452 g/mol. The Bertz CT molecular complexity index is 934. The lowest BCUT2D eigenvalue weighted by Crippen LogP contribution is -2.35. The Morgan fingerprint density at radius 2 is 1.91 bits per heavy atom. The predicted octanol–water partition coefficient (Wildman–Crippen LogP) is 5.37. The Morgan fingerprint density at radius 1 is 1.09 bits per heavy atom. The molecule has 2 heterocycles. The van der Waals surface area contributed by atoms with Gasteiger partial charge in [0.25, 0.3) is 0 Å². The molecule has 1 aromatic heterocycles. The standard InChI is InChI=1S/C26H36N4OS/c1-30-16-13-21(14-17-30)31-25(26-28-23-11-4-5-12-24(23)29-26)20-9-8-10-22(19-20)32-18-7-3-2-6-15-27/h4-5,8-12,19,21,25H,2-3,6-7,13-18,27H2,1H3,(H,28,29). The Morgan fingerprint density at radius 3 is 2.72 bits per heavy atom. The number of rotatable bonds is 11. The number of fused-ring (bicyclic) bond motifs is 1. The van der Waals surface area contributed by atoms with E-state index in [0.29, 0.717) is 0 Å². The van der Waals surface area contributed by atoms with Crippen molar-refractivity contribution in [3.63, 3.8) is 0 Å². The molecule has 1 unspecified atom stereocenters. The van der Waals surface area contributed by atoms with Crippen molar-refractivity contribution in [3.05, 3.63) is 59.9 Å². The third kappa shape index (κ3) is 6.35. The second kappa shape index (κ2) is 11.8. The first-order chi connectivity index (χ1) is 15.7. The van der Waals surface area contributed by atoms with E-state index in [0.717, 1.165) is 61.5 Å². The van der Waals surface area contributed by atoms with Crippen LogP contribution in [0.1, 0.15) is 56.0 Å². The first-order valence-electron chi connectivity index (χ1n) is 11.9. The third-order valence-electron chi connectivity index (χ3n) is 6.18. The largest absolute Gasteiger partial charge is 0.362 e. The molecular weight excluding hydrogens is 416 g/mol. The van der Waals surface area contributed by atoms with Crippen molar-refractivity contribution in [1.82, 2.24) is 14.9 Å². The van der Waals surface area contributed by atoms with Crippen molar-refractivity contribution < 1.29 is 4.74 Å². The molecule has 0 spiro atoms. The minimum absolute atomic E-state index is 0.180. The molecule has 0 bridgehead atoms. The molecule has 3 N–H and O–H groups in total. The number of nitrogens with zero attached hydrogens (tertiary/aromatic N) is 2. The van der Waals surface area contributed by atoms with Gasteiger partial charge in [-0.2, -0.15) is 0 Å². The molecule has 5 nitrogen and oxygen atoms in total. The van der Waals surface area contributed by atoms with Crippen molar-refractivity contribution in [2.75, 3.05) is 32.4 Å². The Kier molecular flexibility index (Phi) is 8.62. The summed E-state index contributed by atoms with van der Waals surface area (Å²) in [6, 6.07) is 17.0. The number of unbranched alkanes of at least 4 members (excludes halogenated alkanes) is 3. The van der Waals surface area contributed by atoms with Crippen LogP contribution < -0.4 is 5.73 Å². The molecule has 32 heavy (non-hydrogen) atoms. The van der Waals surface area contributed by atoms with Gasteiger partial charge < -0.3 is 20.4 Å². The molecule has 1 fully saturated rings. The van der Waals surface area contributed by atoms with E-state index in [-0.39, 0.29) is 12.2 Å². The van der Waals surface area contributed by atoms with Crippen LogP contribution in [0.4, 0.5) is 0 Å². The van der Waals surface area contributed by atoms with Crippen molar-refractivity contribution in [2.24, 2.45) is 5.73 Å². The normalized spacial score (nSPS) is 16.6. The van der Waals surface area contributed by atoms with Gasteiger partial charge in [0.15, 0.2) is 0 Å². The van der Waals surface area contributed by atoms with E-state index in [4.69, 9.17) is 15.5 Å². The lowest BCUT2D eigenvalue weighted by Gasteiger charge is -2.31. The molecule has 2 aromatic carbocycles. The zero-order valence-electron chi connectivity index (χ0n) is 19.1. The molecule has 0 aliphatic carbocycles. The SMILES string of the molecule is CN1CCC(OC(c2cccc(SCCCCCCN)c2)c2nc3ccccc3[nH]2)CC1. The predicted molar refractivity (Wildman–Crippen MR) is 134 cm³/mol. The molecular formula is C26H36N4OS. The summed E-state index contributed by atoms with van der Waals surface area (Å²) in [6.45, 7) is 2.96. The van der Waals surface area contributed by atoms with Gasteiger partial charge in [0.05, 0.1) is 17.1 Å². The molecule has 0 radical (unpaired) electrons.